The Bertz CT molecular complexity index is 1470. The highest BCUT2D eigenvalue weighted by Crippen LogP contribution is 2.40. The fourth-order valence-corrected chi connectivity index (χ4v) is 8.03. The molecule has 1 aromatic heterocycles. The zero-order chi connectivity index (χ0) is 28.8. The molecule has 1 aliphatic carbocycles. The summed E-state index contributed by atoms with van der Waals surface area (Å²) in [6.07, 6.45) is -2.02. The number of H-pyrrole nitrogens is 1. The summed E-state index contributed by atoms with van der Waals surface area (Å²) in [5.41, 5.74) is -0.797. The van der Waals surface area contributed by atoms with E-state index in [0.29, 0.717) is 31.8 Å². The molecular weight excluding hydrogens is 541 g/mol. The number of nitrogens with one attached hydrogen (secondary N) is 1. The quantitative estimate of drug-likeness (QED) is 0.415. The van der Waals surface area contributed by atoms with E-state index in [4.69, 9.17) is 0 Å². The first-order chi connectivity index (χ1) is 18.9. The molecule has 2 heterocycles. The van der Waals surface area contributed by atoms with Crippen molar-refractivity contribution in [2.75, 3.05) is 19.3 Å². The van der Waals surface area contributed by atoms with Crippen molar-refractivity contribution in [3.63, 3.8) is 0 Å². The zero-order valence-corrected chi connectivity index (χ0v) is 23.7. The number of rotatable bonds is 7. The summed E-state index contributed by atoms with van der Waals surface area (Å²) in [6.45, 7) is 4.62. The van der Waals surface area contributed by atoms with Crippen LogP contribution >= 0.6 is 0 Å². The fraction of sp³-hybridized carbons (Fsp3) is 0.517. The average molecular weight is 577 g/mol. The molecule has 5 rings (SSSR count). The van der Waals surface area contributed by atoms with E-state index >= 15 is 0 Å². The number of sulfone groups is 1. The van der Waals surface area contributed by atoms with E-state index in [-0.39, 0.29) is 51.4 Å². The molecule has 7 nitrogen and oxygen atoms in total. The van der Waals surface area contributed by atoms with Gasteiger partial charge in [-0.25, -0.2) is 13.4 Å². The van der Waals surface area contributed by atoms with Crippen LogP contribution in [0.5, 0.6) is 0 Å². The molecule has 0 spiro atoms. The van der Waals surface area contributed by atoms with Crippen molar-refractivity contribution in [1.82, 2.24) is 19.8 Å². The molecule has 40 heavy (non-hydrogen) atoms. The number of carbonyl (C=O) groups excluding carboxylic acids is 1. The number of amides is 1. The predicted molar refractivity (Wildman–Crippen MR) is 146 cm³/mol. The number of benzene rings is 2. The Morgan fingerprint density at radius 3 is 2.48 bits per heavy atom. The lowest BCUT2D eigenvalue weighted by atomic mass is 9.81. The standard InChI is InChI=1S/C29H35F3N4O3S/c1-18(2)35(3)20-12-13-25(19(16-20)17-40(38,39)21-8-5-4-6-9-21)36-15-14-22(28(36)37)27-33-24-11-7-10-23(26(24)34-27)29(30,31)32/h4-11,18-20,22,25H,12-17H2,1-3H3,(H,33,34)/t19-,20?,22?,25?/m0/s1. The molecule has 4 atom stereocenters. The maximum Gasteiger partial charge on any atom is 0.418 e. The van der Waals surface area contributed by atoms with Crippen molar-refractivity contribution >= 4 is 26.8 Å². The van der Waals surface area contributed by atoms with E-state index in [1.807, 2.05) is 7.05 Å². The third-order valence-corrected chi connectivity index (χ3v) is 10.5. The summed E-state index contributed by atoms with van der Waals surface area (Å²) >= 11 is 0. The summed E-state index contributed by atoms with van der Waals surface area (Å²) in [6, 6.07) is 12.4. The molecule has 2 aliphatic rings. The van der Waals surface area contributed by atoms with Crippen LogP contribution in [0.1, 0.15) is 56.8 Å². The van der Waals surface area contributed by atoms with Crippen LogP contribution in [0.2, 0.25) is 0 Å². The number of likely N-dealkylation sites (tertiary alicyclic amines) is 1. The molecule has 0 bridgehead atoms. The molecule has 2 aromatic carbocycles. The van der Waals surface area contributed by atoms with Crippen molar-refractivity contribution in [3.8, 4) is 0 Å². The Balaban J connectivity index is 1.42. The number of para-hydroxylation sites is 1. The molecule has 0 radical (unpaired) electrons. The lowest BCUT2D eigenvalue weighted by molar-refractivity contribution is -0.136. The topological polar surface area (TPSA) is 86.4 Å². The number of hydrogen-bond acceptors (Lipinski definition) is 5. The minimum Gasteiger partial charge on any atom is -0.341 e. The maximum atomic E-state index is 13.8. The molecule has 1 saturated heterocycles. The van der Waals surface area contributed by atoms with Gasteiger partial charge < -0.3 is 14.8 Å². The number of fused-ring (bicyclic) bond motifs is 1. The normalized spacial score (nSPS) is 24.5. The van der Waals surface area contributed by atoms with Crippen LogP contribution in [-0.2, 0) is 20.8 Å². The van der Waals surface area contributed by atoms with Gasteiger partial charge in [0.1, 0.15) is 11.3 Å². The molecule has 216 valence electrons. The van der Waals surface area contributed by atoms with Gasteiger partial charge in [0.2, 0.25) is 5.91 Å². The van der Waals surface area contributed by atoms with Gasteiger partial charge in [0.25, 0.3) is 0 Å². The van der Waals surface area contributed by atoms with Crippen molar-refractivity contribution < 1.29 is 26.4 Å². The fourth-order valence-electron chi connectivity index (χ4n) is 6.34. The van der Waals surface area contributed by atoms with Crippen molar-refractivity contribution in [1.29, 1.82) is 0 Å². The smallest absolute Gasteiger partial charge is 0.341 e. The van der Waals surface area contributed by atoms with E-state index in [1.165, 1.54) is 12.1 Å². The monoisotopic (exact) mass is 576 g/mol. The van der Waals surface area contributed by atoms with Crippen molar-refractivity contribution in [2.45, 2.75) is 74.6 Å². The number of nitrogens with zero attached hydrogens (tertiary/aromatic N) is 3. The van der Waals surface area contributed by atoms with Crippen LogP contribution < -0.4 is 0 Å². The van der Waals surface area contributed by atoms with Crippen molar-refractivity contribution in [3.05, 3.63) is 59.9 Å². The Morgan fingerprint density at radius 2 is 1.80 bits per heavy atom. The van der Waals surface area contributed by atoms with Crippen LogP contribution in [0.15, 0.2) is 53.4 Å². The van der Waals surface area contributed by atoms with Crippen LogP contribution in [0.3, 0.4) is 0 Å². The highest BCUT2D eigenvalue weighted by Gasteiger charge is 2.45. The number of imidazole rings is 1. The Kier molecular flexibility index (Phi) is 7.73. The van der Waals surface area contributed by atoms with Gasteiger partial charge in [-0.1, -0.05) is 24.3 Å². The van der Waals surface area contributed by atoms with Gasteiger partial charge >= 0.3 is 6.18 Å². The second-order valence-electron chi connectivity index (χ2n) is 11.3. The number of carbonyl (C=O) groups is 1. The van der Waals surface area contributed by atoms with E-state index in [9.17, 15) is 26.4 Å². The molecular formula is C29H35F3N4O3S. The molecule has 3 aromatic rings. The van der Waals surface area contributed by atoms with E-state index in [0.717, 1.165) is 12.5 Å². The number of alkyl halides is 3. The average Bonchev–Trinajstić information content (AvgIpc) is 3.51. The van der Waals surface area contributed by atoms with Gasteiger partial charge in [0.15, 0.2) is 9.84 Å². The molecule has 3 unspecified atom stereocenters. The number of hydrogen-bond donors (Lipinski definition) is 1. The number of aromatic amines is 1. The van der Waals surface area contributed by atoms with Crippen LogP contribution in [-0.4, -0.2) is 71.6 Å². The SMILES string of the molecule is CC(C)N(C)C1CCC(N2CCC(c3nc4c(C(F)(F)F)cccc4[nH]3)C2=O)[C@H](CS(=O)(=O)c2ccccc2)C1. The maximum absolute atomic E-state index is 13.8. The third-order valence-electron chi connectivity index (χ3n) is 8.65. The molecule has 1 N–H and O–H groups in total. The lowest BCUT2D eigenvalue weighted by Crippen LogP contribution is -2.51. The molecule has 11 heteroatoms. The molecule has 1 amide bonds. The van der Waals surface area contributed by atoms with E-state index in [2.05, 4.69) is 28.7 Å². The van der Waals surface area contributed by atoms with E-state index < -0.39 is 27.5 Å². The molecule has 1 aliphatic heterocycles. The van der Waals surface area contributed by atoms with Crippen molar-refractivity contribution in [2.24, 2.45) is 5.92 Å². The van der Waals surface area contributed by atoms with Crippen LogP contribution in [0, 0.1) is 5.92 Å². The van der Waals surface area contributed by atoms with Gasteiger partial charge in [0, 0.05) is 24.7 Å². The van der Waals surface area contributed by atoms with Gasteiger partial charge in [0.05, 0.1) is 27.6 Å². The lowest BCUT2D eigenvalue weighted by Gasteiger charge is -2.44. The summed E-state index contributed by atoms with van der Waals surface area (Å²) in [5, 5.41) is 0. The zero-order valence-electron chi connectivity index (χ0n) is 22.9. The third kappa shape index (κ3) is 5.50. The first-order valence-electron chi connectivity index (χ1n) is 13.7. The molecule has 2 fully saturated rings. The van der Waals surface area contributed by atoms with Gasteiger partial charge in [-0.3, -0.25) is 4.79 Å². The summed E-state index contributed by atoms with van der Waals surface area (Å²) in [4.78, 5) is 25.2. The second kappa shape index (κ2) is 10.8. The van der Waals surface area contributed by atoms with Gasteiger partial charge in [-0.2, -0.15) is 13.2 Å². The Hall–Kier alpha value is -2.92. The summed E-state index contributed by atoms with van der Waals surface area (Å²) in [5.74, 6) is -1.04. The van der Waals surface area contributed by atoms with Gasteiger partial charge in [-0.05, 0) is 76.8 Å². The van der Waals surface area contributed by atoms with Crippen LogP contribution in [0.25, 0.3) is 11.0 Å². The second-order valence-corrected chi connectivity index (χ2v) is 13.4. The largest absolute Gasteiger partial charge is 0.418 e. The van der Waals surface area contributed by atoms with Crippen LogP contribution in [0.4, 0.5) is 13.2 Å². The van der Waals surface area contributed by atoms with E-state index in [1.54, 1.807) is 35.2 Å². The van der Waals surface area contributed by atoms with Gasteiger partial charge in [-0.15, -0.1) is 0 Å². The first kappa shape index (κ1) is 28.6. The highest BCUT2D eigenvalue weighted by atomic mass is 32.2. The number of halogens is 3. The Labute approximate surface area is 232 Å². The minimum absolute atomic E-state index is 0.0713. The molecule has 1 saturated carbocycles. The minimum atomic E-state index is -4.56. The highest BCUT2D eigenvalue weighted by molar-refractivity contribution is 7.91. The summed E-state index contributed by atoms with van der Waals surface area (Å²) < 4.78 is 67.5. The predicted octanol–water partition coefficient (Wildman–Crippen LogP) is 5.25. The summed E-state index contributed by atoms with van der Waals surface area (Å²) in [7, 11) is -1.54. The Morgan fingerprint density at radius 1 is 1.07 bits per heavy atom. The first-order valence-corrected chi connectivity index (χ1v) is 15.4. The number of aromatic nitrogens is 2.